The first-order chi connectivity index (χ1) is 13.6. The molecule has 0 amide bonds. The van der Waals surface area contributed by atoms with Crippen molar-refractivity contribution in [3.05, 3.63) is 26.7 Å². The van der Waals surface area contributed by atoms with Crippen LogP contribution in [0.5, 0.6) is 0 Å². The number of fused-ring (bicyclic) bond motifs is 1. The predicted molar refractivity (Wildman–Crippen MR) is 104 cm³/mol. The molecule has 1 aromatic rings. The highest BCUT2D eigenvalue weighted by Crippen LogP contribution is 2.24. The van der Waals surface area contributed by atoms with E-state index < -0.39 is 17.6 Å². The number of nitrogens with zero attached hydrogens (tertiary/aromatic N) is 2. The molecule has 1 unspecified atom stereocenters. The number of nitrogens with one attached hydrogen (secondary N) is 1. The van der Waals surface area contributed by atoms with Crippen molar-refractivity contribution in [3.8, 4) is 0 Å². The van der Waals surface area contributed by atoms with Gasteiger partial charge in [-0.15, -0.1) is 0 Å². The maximum atomic E-state index is 14.5. The predicted octanol–water partition coefficient (Wildman–Crippen LogP) is 0.869. The Kier molecular flexibility index (Phi) is 6.22. The van der Waals surface area contributed by atoms with Gasteiger partial charge in [0.2, 0.25) is 0 Å². The van der Waals surface area contributed by atoms with Crippen LogP contribution in [-0.2, 0) is 15.2 Å². The first kappa shape index (κ1) is 19.7. The second-order valence-corrected chi connectivity index (χ2v) is 8.53. The van der Waals surface area contributed by atoms with E-state index in [1.807, 2.05) is 0 Å². The number of aliphatic imine (C=N–C) groups is 1. The average molecular weight is 411 g/mol. The molecule has 9 heteroatoms. The maximum Gasteiger partial charge on any atom is 0.261 e. The van der Waals surface area contributed by atoms with Gasteiger partial charge in [-0.1, -0.05) is 0 Å². The Hall–Kier alpha value is -1.58. The Balaban J connectivity index is 1.58. The van der Waals surface area contributed by atoms with E-state index in [1.54, 1.807) is 11.8 Å². The van der Waals surface area contributed by atoms with Gasteiger partial charge in [-0.2, -0.15) is 11.8 Å². The van der Waals surface area contributed by atoms with Gasteiger partial charge in [0.25, 0.3) is 5.56 Å². The zero-order valence-corrected chi connectivity index (χ0v) is 16.3. The SMILES string of the molecule is O=c1[nH]c(CSC2CCOCC2)nc2c1=C(F)C(F)C(=NC[C@H]1CCOC1)C=2. The van der Waals surface area contributed by atoms with Gasteiger partial charge in [0.05, 0.1) is 23.4 Å². The molecule has 6 nitrogen and oxygen atoms in total. The van der Waals surface area contributed by atoms with Crippen molar-refractivity contribution < 1.29 is 18.3 Å². The fourth-order valence-corrected chi connectivity index (χ4v) is 4.60. The molecule has 3 aliphatic rings. The third-order valence-electron chi connectivity index (χ3n) is 5.18. The van der Waals surface area contributed by atoms with Gasteiger partial charge in [-0.25, -0.2) is 13.8 Å². The highest BCUT2D eigenvalue weighted by molar-refractivity contribution is 7.99. The summed E-state index contributed by atoms with van der Waals surface area (Å²) >= 11 is 1.69. The van der Waals surface area contributed by atoms with E-state index in [2.05, 4.69) is 15.0 Å². The number of hydrogen-bond acceptors (Lipinski definition) is 6. The summed E-state index contributed by atoms with van der Waals surface area (Å²) in [6.07, 6.45) is 2.15. The van der Waals surface area contributed by atoms with Crippen LogP contribution in [-0.4, -0.2) is 60.1 Å². The van der Waals surface area contributed by atoms with Gasteiger partial charge in [0.1, 0.15) is 11.0 Å². The summed E-state index contributed by atoms with van der Waals surface area (Å²) in [4.78, 5) is 23.6. The third-order valence-corrected chi connectivity index (χ3v) is 6.57. The lowest BCUT2D eigenvalue weighted by atomic mass is 10.1. The summed E-state index contributed by atoms with van der Waals surface area (Å²) in [6.45, 7) is 3.12. The zero-order chi connectivity index (χ0) is 19.5. The van der Waals surface area contributed by atoms with Crippen LogP contribution in [0.4, 0.5) is 8.78 Å². The number of ether oxygens (including phenoxy) is 2. The molecular formula is C19H23F2N3O3S. The highest BCUT2D eigenvalue weighted by Gasteiger charge is 2.26. The number of hydrogen-bond donors (Lipinski definition) is 1. The van der Waals surface area contributed by atoms with Gasteiger partial charge in [-0.05, 0) is 25.3 Å². The van der Waals surface area contributed by atoms with Crippen LogP contribution >= 0.6 is 11.8 Å². The molecule has 28 heavy (non-hydrogen) atoms. The summed E-state index contributed by atoms with van der Waals surface area (Å²) in [5, 5.41) is 0.276. The molecule has 0 spiro atoms. The Morgan fingerprint density at radius 2 is 2.04 bits per heavy atom. The van der Waals surface area contributed by atoms with E-state index in [0.717, 1.165) is 32.5 Å². The fourth-order valence-electron chi connectivity index (χ4n) is 3.54. The quantitative estimate of drug-likeness (QED) is 0.778. The number of aromatic nitrogens is 2. The second-order valence-electron chi connectivity index (χ2n) is 7.25. The number of halogens is 2. The molecule has 2 saturated heterocycles. The topological polar surface area (TPSA) is 76.6 Å². The van der Waals surface area contributed by atoms with Gasteiger partial charge in [0, 0.05) is 37.5 Å². The van der Waals surface area contributed by atoms with Crippen LogP contribution in [0, 0.1) is 5.92 Å². The molecule has 2 atom stereocenters. The van der Waals surface area contributed by atoms with E-state index in [9.17, 15) is 13.6 Å². The standard InChI is InChI=1S/C19H23F2N3O3S/c20-17-14(22-8-11-1-4-27-9-11)7-13-16(18(17)21)19(25)24-15(23-13)10-28-12-2-5-26-6-3-12/h7,11-12,17H,1-6,8-10H2,(H,23,24,25)/t11-,17?/m1/s1. The van der Waals surface area contributed by atoms with Crippen molar-refractivity contribution in [2.75, 3.05) is 33.0 Å². The first-order valence-electron chi connectivity index (χ1n) is 9.58. The fraction of sp³-hybridized carbons (Fsp3) is 0.632. The molecule has 0 saturated carbocycles. The molecule has 1 N–H and O–H groups in total. The maximum absolute atomic E-state index is 14.5. The minimum Gasteiger partial charge on any atom is -0.381 e. The van der Waals surface area contributed by atoms with Gasteiger partial charge in [-0.3, -0.25) is 9.79 Å². The van der Waals surface area contributed by atoms with Gasteiger partial charge in [0.15, 0.2) is 12.0 Å². The smallest absolute Gasteiger partial charge is 0.261 e. The van der Waals surface area contributed by atoms with Crippen molar-refractivity contribution in [3.63, 3.8) is 0 Å². The zero-order valence-electron chi connectivity index (χ0n) is 15.5. The summed E-state index contributed by atoms with van der Waals surface area (Å²) in [5.74, 6) is 0.0747. The third kappa shape index (κ3) is 4.36. The van der Waals surface area contributed by atoms with E-state index in [1.165, 1.54) is 6.08 Å². The highest BCUT2D eigenvalue weighted by atomic mass is 32.2. The number of H-pyrrole nitrogens is 1. The molecule has 0 bridgehead atoms. The Morgan fingerprint density at radius 1 is 1.25 bits per heavy atom. The summed E-state index contributed by atoms with van der Waals surface area (Å²) in [7, 11) is 0. The minimum atomic E-state index is -2.03. The molecule has 1 aliphatic carbocycles. The van der Waals surface area contributed by atoms with Crippen molar-refractivity contribution in [2.24, 2.45) is 10.9 Å². The largest absolute Gasteiger partial charge is 0.381 e. The van der Waals surface area contributed by atoms with Crippen LogP contribution < -0.4 is 16.1 Å². The monoisotopic (exact) mass is 411 g/mol. The summed E-state index contributed by atoms with van der Waals surface area (Å²) < 4.78 is 39.6. The normalized spacial score (nSPS) is 27.1. The Bertz CT molecular complexity index is 921. The molecule has 0 radical (unpaired) electrons. The molecule has 2 aliphatic heterocycles. The van der Waals surface area contributed by atoms with Gasteiger partial charge < -0.3 is 14.5 Å². The molecule has 2 fully saturated rings. The number of thioether (sulfide) groups is 1. The van der Waals surface area contributed by atoms with Crippen molar-refractivity contribution in [1.29, 1.82) is 0 Å². The number of rotatable bonds is 5. The van der Waals surface area contributed by atoms with Crippen molar-refractivity contribution in [2.45, 2.75) is 36.4 Å². The summed E-state index contributed by atoms with van der Waals surface area (Å²) in [5.41, 5.74) is -0.662. The van der Waals surface area contributed by atoms with Gasteiger partial charge >= 0.3 is 0 Å². The molecule has 3 heterocycles. The van der Waals surface area contributed by atoms with E-state index >= 15 is 0 Å². The molecule has 1 aromatic heterocycles. The lowest BCUT2D eigenvalue weighted by Crippen LogP contribution is -2.50. The molecule has 0 aromatic carbocycles. The van der Waals surface area contributed by atoms with E-state index in [4.69, 9.17) is 9.47 Å². The average Bonchev–Trinajstić information content (AvgIpc) is 3.22. The first-order valence-corrected chi connectivity index (χ1v) is 10.6. The Morgan fingerprint density at radius 3 is 2.79 bits per heavy atom. The van der Waals surface area contributed by atoms with Crippen LogP contribution in [0.15, 0.2) is 9.79 Å². The van der Waals surface area contributed by atoms with Crippen LogP contribution in [0.3, 0.4) is 0 Å². The lowest BCUT2D eigenvalue weighted by molar-refractivity contribution is 0.1000. The molecular weight excluding hydrogens is 388 g/mol. The summed E-state index contributed by atoms with van der Waals surface area (Å²) in [6, 6.07) is 0. The number of aromatic amines is 1. The molecule has 152 valence electrons. The Labute approximate surface area is 165 Å². The van der Waals surface area contributed by atoms with Crippen molar-refractivity contribution >= 4 is 29.4 Å². The number of alkyl halides is 1. The van der Waals surface area contributed by atoms with E-state index in [0.29, 0.717) is 36.6 Å². The molecule has 4 rings (SSSR count). The lowest BCUT2D eigenvalue weighted by Gasteiger charge is -2.21. The second kappa shape index (κ2) is 8.84. The van der Waals surface area contributed by atoms with Crippen LogP contribution in [0.25, 0.3) is 11.9 Å². The minimum absolute atomic E-state index is 0.0157. The van der Waals surface area contributed by atoms with Crippen LogP contribution in [0.2, 0.25) is 0 Å². The van der Waals surface area contributed by atoms with Crippen molar-refractivity contribution in [1.82, 2.24) is 9.97 Å². The van der Waals surface area contributed by atoms with E-state index in [-0.39, 0.29) is 22.2 Å². The van der Waals surface area contributed by atoms with Crippen LogP contribution in [0.1, 0.15) is 25.1 Å².